The Labute approximate surface area is 227 Å². The largest absolute Gasteiger partial charge is 0.352 e. The lowest BCUT2D eigenvalue weighted by Gasteiger charge is -2.32. The minimum Gasteiger partial charge on any atom is -0.352 e. The normalized spacial score (nSPS) is 14.4. The van der Waals surface area contributed by atoms with Crippen LogP contribution < -0.4 is 5.32 Å². The van der Waals surface area contributed by atoms with Crippen LogP contribution in [0.5, 0.6) is 0 Å². The molecule has 36 heavy (non-hydrogen) atoms. The topological polar surface area (TPSA) is 49.4 Å². The number of hydrogen-bond donors (Lipinski definition) is 1. The summed E-state index contributed by atoms with van der Waals surface area (Å²) >= 11 is 18.8. The van der Waals surface area contributed by atoms with Gasteiger partial charge in [-0.1, -0.05) is 102 Å². The molecule has 188 valence electrons. The number of amides is 2. The fourth-order valence-electron chi connectivity index (χ4n) is 4.66. The second-order valence-electron chi connectivity index (χ2n) is 9.23. The Morgan fingerprint density at radius 3 is 2.22 bits per heavy atom. The summed E-state index contributed by atoms with van der Waals surface area (Å²) in [6, 6.07) is 21.8. The van der Waals surface area contributed by atoms with Crippen LogP contribution >= 0.6 is 34.8 Å². The number of halogens is 3. The molecule has 0 radical (unpaired) electrons. The highest BCUT2D eigenvalue weighted by Crippen LogP contribution is 2.25. The molecule has 4 nitrogen and oxygen atoms in total. The number of nitrogens with one attached hydrogen (secondary N) is 1. The van der Waals surface area contributed by atoms with E-state index in [0.29, 0.717) is 21.5 Å². The zero-order valence-corrected chi connectivity index (χ0v) is 22.2. The Balaban J connectivity index is 1.67. The van der Waals surface area contributed by atoms with Gasteiger partial charge in [0.05, 0.1) is 16.5 Å². The summed E-state index contributed by atoms with van der Waals surface area (Å²) in [7, 11) is 0. The maximum Gasteiger partial charge on any atom is 0.243 e. The third-order valence-electron chi connectivity index (χ3n) is 6.61. The van der Waals surface area contributed by atoms with Crippen LogP contribution in [0.15, 0.2) is 72.8 Å². The van der Waals surface area contributed by atoms with E-state index in [1.54, 1.807) is 29.2 Å². The fourth-order valence-corrected chi connectivity index (χ4v) is 5.17. The molecule has 3 aromatic rings. The van der Waals surface area contributed by atoms with Crippen LogP contribution in [0.3, 0.4) is 0 Å². The molecule has 1 aliphatic carbocycles. The first-order valence-corrected chi connectivity index (χ1v) is 13.3. The van der Waals surface area contributed by atoms with Crippen LogP contribution in [-0.2, 0) is 29.0 Å². The van der Waals surface area contributed by atoms with Crippen LogP contribution in [0.2, 0.25) is 15.1 Å². The van der Waals surface area contributed by atoms with Crippen molar-refractivity contribution in [3.8, 4) is 0 Å². The first-order valence-electron chi connectivity index (χ1n) is 12.2. The molecule has 2 amide bonds. The molecule has 0 unspecified atom stereocenters. The zero-order valence-electron chi connectivity index (χ0n) is 19.9. The number of carbonyl (C=O) groups is 2. The molecule has 1 saturated carbocycles. The van der Waals surface area contributed by atoms with Crippen molar-refractivity contribution >= 4 is 46.6 Å². The van der Waals surface area contributed by atoms with Gasteiger partial charge in [0.1, 0.15) is 6.04 Å². The molecule has 0 saturated heterocycles. The van der Waals surface area contributed by atoms with Crippen molar-refractivity contribution in [3.05, 3.63) is 105 Å². The summed E-state index contributed by atoms with van der Waals surface area (Å²) in [5.74, 6) is -0.323. The first kappa shape index (κ1) is 26.5. The molecule has 1 atom stereocenters. The van der Waals surface area contributed by atoms with Crippen molar-refractivity contribution in [1.82, 2.24) is 10.2 Å². The molecule has 0 heterocycles. The van der Waals surface area contributed by atoms with Crippen LogP contribution in [0.25, 0.3) is 0 Å². The molecule has 0 aromatic heterocycles. The highest BCUT2D eigenvalue weighted by Gasteiger charge is 2.32. The predicted molar refractivity (Wildman–Crippen MR) is 147 cm³/mol. The SMILES string of the molecule is O=C(NC1CCCC1)[C@H](Cc1ccccc1)N(Cc1ccccc1Cl)C(=O)Cc1ccc(Cl)c(Cl)c1. The minimum absolute atomic E-state index is 0.0866. The highest BCUT2D eigenvalue weighted by molar-refractivity contribution is 6.42. The summed E-state index contributed by atoms with van der Waals surface area (Å²) in [4.78, 5) is 29.2. The number of rotatable bonds is 9. The van der Waals surface area contributed by atoms with E-state index in [1.807, 2.05) is 48.5 Å². The summed E-state index contributed by atoms with van der Waals surface area (Å²) < 4.78 is 0. The van der Waals surface area contributed by atoms with Gasteiger partial charge >= 0.3 is 0 Å². The third kappa shape index (κ3) is 7.03. The van der Waals surface area contributed by atoms with Gasteiger partial charge in [-0.15, -0.1) is 0 Å². The standard InChI is InChI=1S/C29H29Cl3N2O2/c30-24-13-7-4-10-22(24)19-34(28(35)18-21-14-15-25(31)26(32)16-21)27(17-20-8-2-1-3-9-20)29(36)33-23-11-5-6-12-23/h1-4,7-10,13-16,23,27H,5-6,11-12,17-19H2,(H,33,36)/t27-/m0/s1. The van der Waals surface area contributed by atoms with Gasteiger partial charge in [-0.3, -0.25) is 9.59 Å². The Hall–Kier alpha value is -2.53. The van der Waals surface area contributed by atoms with Crippen molar-refractivity contribution in [1.29, 1.82) is 0 Å². The van der Waals surface area contributed by atoms with E-state index in [4.69, 9.17) is 34.8 Å². The van der Waals surface area contributed by atoms with Gasteiger partial charge in [0, 0.05) is 24.0 Å². The van der Waals surface area contributed by atoms with Gasteiger partial charge in [-0.2, -0.15) is 0 Å². The Morgan fingerprint density at radius 2 is 1.53 bits per heavy atom. The number of nitrogens with zero attached hydrogens (tertiary/aromatic N) is 1. The van der Waals surface area contributed by atoms with E-state index in [1.165, 1.54) is 0 Å². The van der Waals surface area contributed by atoms with E-state index in [2.05, 4.69) is 5.32 Å². The van der Waals surface area contributed by atoms with Crippen LogP contribution in [0.1, 0.15) is 42.4 Å². The van der Waals surface area contributed by atoms with E-state index >= 15 is 0 Å². The number of carbonyl (C=O) groups excluding carboxylic acids is 2. The summed E-state index contributed by atoms with van der Waals surface area (Å²) in [5, 5.41) is 4.58. The van der Waals surface area contributed by atoms with Crippen molar-refractivity contribution in [2.45, 2.75) is 57.2 Å². The fraction of sp³-hybridized carbons (Fsp3) is 0.310. The Bertz CT molecular complexity index is 1200. The Kier molecular flexibility index (Phi) is 9.30. The lowest BCUT2D eigenvalue weighted by atomic mass is 10.0. The van der Waals surface area contributed by atoms with E-state index in [9.17, 15) is 9.59 Å². The lowest BCUT2D eigenvalue weighted by Crippen LogP contribution is -2.52. The molecular weight excluding hydrogens is 515 g/mol. The van der Waals surface area contributed by atoms with Gasteiger partial charge in [0.25, 0.3) is 0 Å². The summed E-state index contributed by atoms with van der Waals surface area (Å²) in [6.45, 7) is 0.218. The molecule has 0 aliphatic heterocycles. The van der Waals surface area contributed by atoms with Crippen LogP contribution in [0, 0.1) is 0 Å². The summed E-state index contributed by atoms with van der Waals surface area (Å²) in [5.41, 5.74) is 2.50. The monoisotopic (exact) mass is 542 g/mol. The maximum absolute atomic E-state index is 13.8. The molecule has 1 N–H and O–H groups in total. The van der Waals surface area contributed by atoms with E-state index in [-0.39, 0.29) is 30.8 Å². The van der Waals surface area contributed by atoms with Crippen molar-refractivity contribution < 1.29 is 9.59 Å². The minimum atomic E-state index is -0.695. The van der Waals surface area contributed by atoms with Gasteiger partial charge in [-0.05, 0) is 47.7 Å². The molecule has 3 aromatic carbocycles. The lowest BCUT2D eigenvalue weighted by molar-refractivity contribution is -0.141. The van der Waals surface area contributed by atoms with Crippen molar-refractivity contribution in [3.63, 3.8) is 0 Å². The van der Waals surface area contributed by atoms with Gasteiger partial charge in [0.2, 0.25) is 11.8 Å². The van der Waals surface area contributed by atoms with Gasteiger partial charge < -0.3 is 10.2 Å². The molecule has 0 spiro atoms. The predicted octanol–water partition coefficient (Wildman–Crippen LogP) is 6.89. The molecule has 0 bridgehead atoms. The maximum atomic E-state index is 13.8. The molecule has 4 rings (SSSR count). The number of benzene rings is 3. The average Bonchev–Trinajstić information content (AvgIpc) is 3.38. The van der Waals surface area contributed by atoms with Gasteiger partial charge in [-0.25, -0.2) is 0 Å². The molecular formula is C29H29Cl3N2O2. The second-order valence-corrected chi connectivity index (χ2v) is 10.5. The van der Waals surface area contributed by atoms with Crippen molar-refractivity contribution in [2.75, 3.05) is 0 Å². The van der Waals surface area contributed by atoms with Crippen LogP contribution in [0.4, 0.5) is 0 Å². The molecule has 1 fully saturated rings. The quantitative estimate of drug-likeness (QED) is 0.319. The smallest absolute Gasteiger partial charge is 0.243 e. The average molecular weight is 544 g/mol. The second kappa shape index (κ2) is 12.6. The van der Waals surface area contributed by atoms with Crippen molar-refractivity contribution in [2.24, 2.45) is 0 Å². The zero-order chi connectivity index (χ0) is 25.5. The number of hydrogen-bond acceptors (Lipinski definition) is 2. The van der Waals surface area contributed by atoms with E-state index in [0.717, 1.165) is 42.4 Å². The Morgan fingerprint density at radius 1 is 0.833 bits per heavy atom. The first-order chi connectivity index (χ1) is 17.4. The molecule has 1 aliphatic rings. The van der Waals surface area contributed by atoms with Crippen LogP contribution in [-0.4, -0.2) is 28.8 Å². The summed E-state index contributed by atoms with van der Waals surface area (Å²) in [6.07, 6.45) is 4.62. The van der Waals surface area contributed by atoms with E-state index < -0.39 is 6.04 Å². The van der Waals surface area contributed by atoms with Gasteiger partial charge in [0.15, 0.2) is 0 Å². The third-order valence-corrected chi connectivity index (χ3v) is 7.72. The highest BCUT2D eigenvalue weighted by atomic mass is 35.5. The molecule has 7 heteroatoms.